The van der Waals surface area contributed by atoms with Gasteiger partial charge in [0.15, 0.2) is 5.03 Å². The fourth-order valence-electron chi connectivity index (χ4n) is 4.03. The number of hydrogen-bond donors (Lipinski definition) is 1. The van der Waals surface area contributed by atoms with Crippen LogP contribution in [-0.4, -0.2) is 66.5 Å². The predicted molar refractivity (Wildman–Crippen MR) is 122 cm³/mol. The lowest BCUT2D eigenvalue weighted by Gasteiger charge is -2.34. The van der Waals surface area contributed by atoms with Crippen LogP contribution in [0.5, 0.6) is 0 Å². The molecule has 180 valence electrons. The van der Waals surface area contributed by atoms with Gasteiger partial charge in [-0.15, -0.1) is 0 Å². The quantitative estimate of drug-likeness (QED) is 0.625. The monoisotopic (exact) mass is 519 g/mol. The van der Waals surface area contributed by atoms with Crippen LogP contribution in [0.4, 0.5) is 10.1 Å². The molecule has 0 aromatic carbocycles. The number of sulfonamides is 1. The van der Waals surface area contributed by atoms with Crippen molar-refractivity contribution in [2.24, 2.45) is 5.92 Å². The second kappa shape index (κ2) is 10.2. The van der Waals surface area contributed by atoms with Crippen LogP contribution < -0.4 is 10.9 Å². The molecule has 4 heterocycles. The van der Waals surface area contributed by atoms with Crippen molar-refractivity contribution in [2.45, 2.75) is 36.5 Å². The van der Waals surface area contributed by atoms with E-state index in [2.05, 4.69) is 15.4 Å². The van der Waals surface area contributed by atoms with Gasteiger partial charge in [-0.25, -0.2) is 22.5 Å². The zero-order valence-corrected chi connectivity index (χ0v) is 20.0. The summed E-state index contributed by atoms with van der Waals surface area (Å²) < 4.78 is 48.1. The summed E-state index contributed by atoms with van der Waals surface area (Å²) in [5, 5.41) is 7.26. The van der Waals surface area contributed by atoms with Gasteiger partial charge in [-0.05, 0) is 37.3 Å². The van der Waals surface area contributed by atoms with Crippen LogP contribution in [-0.2, 0) is 14.8 Å². The number of alkyl halides is 1. The van der Waals surface area contributed by atoms with Crippen molar-refractivity contribution in [3.05, 3.63) is 44.9 Å². The Kier molecular flexibility index (Phi) is 7.54. The van der Waals surface area contributed by atoms with Gasteiger partial charge in [0, 0.05) is 32.4 Å². The first kappa shape index (κ1) is 24.3. The molecule has 2 aromatic rings. The topological polar surface area (TPSA) is 106 Å². The molecule has 0 unspecified atom stereocenters. The summed E-state index contributed by atoms with van der Waals surface area (Å²) in [4.78, 5) is 16.6. The number of halogens is 3. The first-order chi connectivity index (χ1) is 15.8. The molecule has 2 aromatic heterocycles. The second-order valence-electron chi connectivity index (χ2n) is 8.14. The first-order valence-corrected chi connectivity index (χ1v) is 12.8. The average Bonchev–Trinajstić information content (AvgIpc) is 2.81. The molecule has 2 fully saturated rings. The Bertz CT molecular complexity index is 1140. The van der Waals surface area contributed by atoms with Crippen LogP contribution in [0, 0.1) is 5.92 Å². The minimum Gasteiger partial charge on any atom is -0.382 e. The minimum absolute atomic E-state index is 0.00511. The zero-order chi connectivity index (χ0) is 23.6. The molecule has 0 amide bonds. The maximum atomic E-state index is 15.1. The van der Waals surface area contributed by atoms with Crippen molar-refractivity contribution >= 4 is 38.9 Å². The smallest absolute Gasteiger partial charge is 0.288 e. The molecule has 33 heavy (non-hydrogen) atoms. The summed E-state index contributed by atoms with van der Waals surface area (Å²) in [7, 11) is -3.99. The highest BCUT2D eigenvalue weighted by atomic mass is 35.5. The van der Waals surface area contributed by atoms with Crippen LogP contribution in [0.15, 0.2) is 34.3 Å². The summed E-state index contributed by atoms with van der Waals surface area (Å²) in [5.74, 6) is 0.314. The van der Waals surface area contributed by atoms with Gasteiger partial charge in [-0.3, -0.25) is 4.79 Å². The summed E-state index contributed by atoms with van der Waals surface area (Å²) >= 11 is 12.0. The van der Waals surface area contributed by atoms with E-state index in [0.29, 0.717) is 29.8 Å². The molecule has 2 aliphatic rings. The highest BCUT2D eigenvalue weighted by Gasteiger charge is 2.38. The van der Waals surface area contributed by atoms with Gasteiger partial charge >= 0.3 is 0 Å². The minimum atomic E-state index is -3.99. The van der Waals surface area contributed by atoms with E-state index in [-0.39, 0.29) is 23.0 Å². The molecule has 2 saturated heterocycles. The lowest BCUT2D eigenvalue weighted by atomic mass is 10.0. The molecule has 9 nitrogen and oxygen atoms in total. The van der Waals surface area contributed by atoms with E-state index >= 15 is 4.39 Å². The van der Waals surface area contributed by atoms with Gasteiger partial charge in [-0.1, -0.05) is 23.2 Å². The van der Waals surface area contributed by atoms with Crippen molar-refractivity contribution in [1.29, 1.82) is 0 Å². The number of anilines is 1. The number of rotatable bonds is 6. The lowest BCUT2D eigenvalue weighted by Crippen LogP contribution is -2.48. The summed E-state index contributed by atoms with van der Waals surface area (Å²) in [6.07, 6.45) is 3.03. The van der Waals surface area contributed by atoms with E-state index in [0.717, 1.165) is 28.4 Å². The molecular formula is C20H24Cl2FN5O4S. The van der Waals surface area contributed by atoms with Crippen LogP contribution in [0.1, 0.15) is 25.3 Å². The fraction of sp³-hybridized carbons (Fsp3) is 0.550. The van der Waals surface area contributed by atoms with Gasteiger partial charge in [0.05, 0.1) is 29.6 Å². The zero-order valence-electron chi connectivity index (χ0n) is 17.7. The normalized spacial score (nSPS) is 24.5. The van der Waals surface area contributed by atoms with Crippen molar-refractivity contribution in [1.82, 2.24) is 19.1 Å². The van der Waals surface area contributed by atoms with E-state index in [1.54, 1.807) is 0 Å². The van der Waals surface area contributed by atoms with Gasteiger partial charge < -0.3 is 10.1 Å². The molecule has 3 atom stereocenters. The Labute approximate surface area is 200 Å². The van der Waals surface area contributed by atoms with Crippen molar-refractivity contribution in [3.8, 4) is 0 Å². The number of ether oxygens (including phenoxy) is 1. The van der Waals surface area contributed by atoms with Crippen molar-refractivity contribution in [3.63, 3.8) is 0 Å². The number of hydrogen-bond acceptors (Lipinski definition) is 7. The molecule has 0 saturated carbocycles. The molecular weight excluding hydrogens is 496 g/mol. The number of piperidine rings is 1. The van der Waals surface area contributed by atoms with Crippen LogP contribution in [0.2, 0.25) is 10.0 Å². The van der Waals surface area contributed by atoms with Crippen LogP contribution in [0.3, 0.4) is 0 Å². The van der Waals surface area contributed by atoms with Gasteiger partial charge in [0.1, 0.15) is 11.2 Å². The predicted octanol–water partition coefficient (Wildman–Crippen LogP) is 2.76. The van der Waals surface area contributed by atoms with E-state index in [1.807, 2.05) is 0 Å². The molecule has 0 aliphatic carbocycles. The third-order valence-electron chi connectivity index (χ3n) is 5.87. The third-order valence-corrected chi connectivity index (χ3v) is 8.24. The number of pyridine rings is 1. The molecule has 0 bridgehead atoms. The maximum absolute atomic E-state index is 15.1. The van der Waals surface area contributed by atoms with E-state index in [9.17, 15) is 13.2 Å². The highest BCUT2D eigenvalue weighted by Crippen LogP contribution is 2.29. The number of nitrogens with zero attached hydrogens (tertiary/aromatic N) is 4. The first-order valence-electron chi connectivity index (χ1n) is 10.6. The van der Waals surface area contributed by atoms with E-state index < -0.39 is 34.3 Å². The Morgan fingerprint density at radius 1 is 1.24 bits per heavy atom. The van der Waals surface area contributed by atoms with Crippen LogP contribution in [0.25, 0.3) is 0 Å². The average molecular weight is 520 g/mol. The van der Waals surface area contributed by atoms with E-state index in [1.165, 1.54) is 24.5 Å². The Hall–Kier alpha value is -1.79. The highest BCUT2D eigenvalue weighted by molar-refractivity contribution is 7.89. The van der Waals surface area contributed by atoms with Gasteiger partial charge in [0.25, 0.3) is 15.6 Å². The Balaban J connectivity index is 1.45. The lowest BCUT2D eigenvalue weighted by molar-refractivity contribution is 0.0595. The molecule has 13 heteroatoms. The van der Waals surface area contributed by atoms with Crippen LogP contribution >= 0.6 is 23.2 Å². The Morgan fingerprint density at radius 3 is 2.73 bits per heavy atom. The van der Waals surface area contributed by atoms with Gasteiger partial charge in [0.2, 0.25) is 0 Å². The summed E-state index contributed by atoms with van der Waals surface area (Å²) in [6.45, 7) is 1.57. The number of nitrogens with one attached hydrogen (secondary N) is 1. The third kappa shape index (κ3) is 5.32. The molecule has 2 aliphatic heterocycles. The van der Waals surface area contributed by atoms with Gasteiger partial charge in [-0.2, -0.15) is 9.40 Å². The largest absolute Gasteiger partial charge is 0.382 e. The summed E-state index contributed by atoms with van der Waals surface area (Å²) in [5.41, 5.74) is -0.238. The van der Waals surface area contributed by atoms with Crippen molar-refractivity contribution < 1.29 is 17.5 Å². The van der Waals surface area contributed by atoms with E-state index in [4.69, 9.17) is 27.9 Å². The standard InChI is InChI=1S/C20H24Cl2FN5O4S/c21-14-3-4-18(25-9-14)33(30,31)27-6-5-17(15(23)11-27)28-20(29)19(22)16(10-26-28)24-8-13-2-1-7-32-12-13/h3-4,9-10,13,15,17,24H,1-2,5-8,11-12H2/t13-,15-,17+/m0/s1. The SMILES string of the molecule is O=c1c(Cl)c(NC[C@@H]2CCCOC2)cnn1[C@@H]1CCN(S(=O)(=O)c2ccc(Cl)cn2)C[C@@H]1F. The molecule has 0 spiro atoms. The molecule has 1 N–H and O–H groups in total. The molecule has 0 radical (unpaired) electrons. The fourth-order valence-corrected chi connectivity index (χ4v) is 5.72. The van der Waals surface area contributed by atoms with Crippen molar-refractivity contribution in [2.75, 3.05) is 38.2 Å². The molecule has 4 rings (SSSR count). The second-order valence-corrected chi connectivity index (χ2v) is 10.8. The number of aromatic nitrogens is 3. The maximum Gasteiger partial charge on any atom is 0.288 e. The Morgan fingerprint density at radius 2 is 2.06 bits per heavy atom. The summed E-state index contributed by atoms with van der Waals surface area (Å²) in [6, 6.07) is 1.75.